The van der Waals surface area contributed by atoms with E-state index in [9.17, 15) is 19.5 Å². The maximum absolute atomic E-state index is 14.2. The normalized spacial score (nSPS) is 32.6. The van der Waals surface area contributed by atoms with Crippen LogP contribution in [-0.2, 0) is 19.1 Å². The molecule has 0 aliphatic carbocycles. The zero-order chi connectivity index (χ0) is 25.3. The number of carbonyl (C=O) groups is 3. The van der Waals surface area contributed by atoms with Gasteiger partial charge in [-0.1, -0.05) is 45.9 Å². The zero-order valence-electron chi connectivity index (χ0n) is 21.0. The molecule has 0 aromatic heterocycles. The number of aliphatic hydroxyl groups is 1. The Morgan fingerprint density at radius 2 is 2.03 bits per heavy atom. The van der Waals surface area contributed by atoms with Gasteiger partial charge in [-0.2, -0.15) is 0 Å². The van der Waals surface area contributed by atoms with Crippen molar-refractivity contribution in [3.63, 3.8) is 0 Å². The molecule has 0 radical (unpaired) electrons. The smallest absolute Gasteiger partial charge is 0.311 e. The molecule has 2 bridgehead atoms. The molecule has 34 heavy (non-hydrogen) atoms. The standard InChI is InChI=1S/C26H40N2O5S/c1-7-10-14-27(13-8-2)23(31)21-26-12-11-25(6,34-26)20(24(32)33-15-9-3)19(26)22(30)28(21)18(16-29)17(4)5/h8-9,17-21,29H,2-3,7,10-16H2,1,4-6H3/t18-,19-,20-,21?,25+,26?/m0/s1. The summed E-state index contributed by atoms with van der Waals surface area (Å²) in [6.07, 6.45) is 6.44. The maximum atomic E-state index is 14.2. The highest BCUT2D eigenvalue weighted by Crippen LogP contribution is 2.71. The van der Waals surface area contributed by atoms with Crippen LogP contribution in [0.1, 0.15) is 53.4 Å². The molecule has 1 N–H and O–H groups in total. The Morgan fingerprint density at radius 1 is 1.32 bits per heavy atom. The molecule has 2 amide bonds. The molecule has 7 nitrogen and oxygen atoms in total. The molecule has 3 rings (SSSR count). The third-order valence-electron chi connectivity index (χ3n) is 7.80. The molecule has 3 fully saturated rings. The van der Waals surface area contributed by atoms with Crippen molar-refractivity contribution in [2.75, 3.05) is 26.3 Å². The van der Waals surface area contributed by atoms with Crippen molar-refractivity contribution in [1.29, 1.82) is 0 Å². The largest absolute Gasteiger partial charge is 0.461 e. The Labute approximate surface area is 208 Å². The van der Waals surface area contributed by atoms with Gasteiger partial charge in [-0.25, -0.2) is 0 Å². The summed E-state index contributed by atoms with van der Waals surface area (Å²) in [6.45, 7) is 16.3. The number of hydrogen-bond donors (Lipinski definition) is 1. The average Bonchev–Trinajstić information content (AvgIpc) is 3.36. The molecule has 3 aliphatic heterocycles. The third-order valence-corrected chi connectivity index (χ3v) is 9.79. The van der Waals surface area contributed by atoms with Crippen LogP contribution in [0.25, 0.3) is 0 Å². The first-order valence-electron chi connectivity index (χ1n) is 12.4. The number of amides is 2. The number of esters is 1. The van der Waals surface area contributed by atoms with Crippen LogP contribution >= 0.6 is 11.8 Å². The Balaban J connectivity index is 2.11. The van der Waals surface area contributed by atoms with Crippen LogP contribution < -0.4 is 0 Å². The topological polar surface area (TPSA) is 87.1 Å². The first-order valence-corrected chi connectivity index (χ1v) is 13.3. The lowest BCUT2D eigenvalue weighted by molar-refractivity contribution is -0.155. The van der Waals surface area contributed by atoms with E-state index in [1.54, 1.807) is 27.6 Å². The summed E-state index contributed by atoms with van der Waals surface area (Å²) in [5.74, 6) is -2.05. The lowest BCUT2D eigenvalue weighted by Gasteiger charge is -2.40. The molecule has 0 saturated carbocycles. The number of likely N-dealkylation sites (tertiary alicyclic amines) is 1. The van der Waals surface area contributed by atoms with Crippen LogP contribution in [0, 0.1) is 17.8 Å². The minimum Gasteiger partial charge on any atom is -0.461 e. The number of unbranched alkanes of at least 4 members (excludes halogenated alkanes) is 1. The predicted octanol–water partition coefficient (Wildman–Crippen LogP) is 3.03. The van der Waals surface area contributed by atoms with E-state index in [0.717, 1.165) is 19.3 Å². The van der Waals surface area contributed by atoms with Gasteiger partial charge in [0.25, 0.3) is 0 Å². The van der Waals surface area contributed by atoms with Gasteiger partial charge in [-0.05, 0) is 32.1 Å². The number of ether oxygens (including phenoxy) is 1. The van der Waals surface area contributed by atoms with Crippen LogP contribution in [-0.4, -0.2) is 80.6 Å². The molecule has 6 atom stereocenters. The molecular formula is C26H40N2O5S. The fraction of sp³-hybridized carbons (Fsp3) is 0.731. The zero-order valence-corrected chi connectivity index (χ0v) is 21.8. The van der Waals surface area contributed by atoms with E-state index in [1.807, 2.05) is 20.8 Å². The van der Waals surface area contributed by atoms with Gasteiger partial charge < -0.3 is 19.6 Å². The summed E-state index contributed by atoms with van der Waals surface area (Å²) in [5.41, 5.74) is 0. The minimum absolute atomic E-state index is 0.0491. The average molecular weight is 493 g/mol. The van der Waals surface area contributed by atoms with Gasteiger partial charge in [0.1, 0.15) is 12.6 Å². The monoisotopic (exact) mass is 492 g/mol. The highest BCUT2D eigenvalue weighted by Gasteiger charge is 2.78. The number of fused-ring (bicyclic) bond motifs is 1. The third kappa shape index (κ3) is 4.21. The van der Waals surface area contributed by atoms with Crippen molar-refractivity contribution in [2.24, 2.45) is 17.8 Å². The SMILES string of the molecule is C=CCOC(=O)[C@@H]1[C@H]2C(=O)N([C@@H](CO)C(C)C)C(C(=O)N(CC=C)CCCC)C23CC[C@@]1(C)S3. The fourth-order valence-corrected chi connectivity index (χ4v) is 8.50. The van der Waals surface area contributed by atoms with Crippen molar-refractivity contribution in [1.82, 2.24) is 9.80 Å². The lowest BCUT2D eigenvalue weighted by atomic mass is 9.66. The van der Waals surface area contributed by atoms with E-state index in [-0.39, 0.29) is 30.9 Å². The van der Waals surface area contributed by atoms with Gasteiger partial charge in [0.15, 0.2) is 0 Å². The van der Waals surface area contributed by atoms with E-state index in [0.29, 0.717) is 19.5 Å². The second-order valence-corrected chi connectivity index (χ2v) is 12.2. The molecule has 0 aromatic carbocycles. The molecule has 8 heteroatoms. The second kappa shape index (κ2) is 10.4. The van der Waals surface area contributed by atoms with Gasteiger partial charge in [0.2, 0.25) is 11.8 Å². The first kappa shape index (κ1) is 26.8. The van der Waals surface area contributed by atoms with Crippen molar-refractivity contribution in [2.45, 2.75) is 75.0 Å². The van der Waals surface area contributed by atoms with E-state index >= 15 is 0 Å². The summed E-state index contributed by atoms with van der Waals surface area (Å²) < 4.78 is 4.27. The minimum atomic E-state index is -0.731. The summed E-state index contributed by atoms with van der Waals surface area (Å²) in [7, 11) is 0. The van der Waals surface area contributed by atoms with E-state index < -0.39 is 39.4 Å². The van der Waals surface area contributed by atoms with Crippen molar-refractivity contribution >= 4 is 29.5 Å². The maximum Gasteiger partial charge on any atom is 0.311 e. The van der Waals surface area contributed by atoms with Crippen molar-refractivity contribution < 1.29 is 24.2 Å². The Hall–Kier alpha value is -1.80. The molecule has 1 spiro atoms. The molecule has 3 saturated heterocycles. The molecule has 190 valence electrons. The number of carbonyl (C=O) groups excluding carboxylic acids is 3. The second-order valence-electron chi connectivity index (χ2n) is 10.3. The van der Waals surface area contributed by atoms with Gasteiger partial charge >= 0.3 is 5.97 Å². The number of hydrogen-bond acceptors (Lipinski definition) is 6. The predicted molar refractivity (Wildman–Crippen MR) is 134 cm³/mol. The summed E-state index contributed by atoms with van der Waals surface area (Å²) in [6, 6.07) is -1.24. The molecule has 0 aromatic rings. The van der Waals surface area contributed by atoms with Crippen LogP contribution in [0.2, 0.25) is 0 Å². The lowest BCUT2D eigenvalue weighted by Crippen LogP contribution is -2.58. The Morgan fingerprint density at radius 3 is 2.59 bits per heavy atom. The summed E-state index contributed by atoms with van der Waals surface area (Å²) in [4.78, 5) is 44.9. The van der Waals surface area contributed by atoms with Crippen LogP contribution in [0.5, 0.6) is 0 Å². The molecule has 3 aliphatic rings. The number of thioether (sulfide) groups is 1. The van der Waals surface area contributed by atoms with Crippen LogP contribution in [0.3, 0.4) is 0 Å². The Bertz CT molecular complexity index is 832. The van der Waals surface area contributed by atoms with Crippen LogP contribution in [0.15, 0.2) is 25.3 Å². The van der Waals surface area contributed by atoms with Gasteiger partial charge in [-0.3, -0.25) is 14.4 Å². The Kier molecular flexibility index (Phi) is 8.23. The number of nitrogens with zero attached hydrogens (tertiary/aromatic N) is 2. The van der Waals surface area contributed by atoms with E-state index in [2.05, 4.69) is 20.1 Å². The van der Waals surface area contributed by atoms with Gasteiger partial charge in [-0.15, -0.1) is 18.3 Å². The molecule has 3 heterocycles. The highest BCUT2D eigenvalue weighted by molar-refractivity contribution is 8.02. The summed E-state index contributed by atoms with van der Waals surface area (Å²) >= 11 is 1.62. The fourth-order valence-electron chi connectivity index (χ4n) is 6.18. The van der Waals surface area contributed by atoms with Crippen molar-refractivity contribution in [3.05, 3.63) is 25.3 Å². The summed E-state index contributed by atoms with van der Waals surface area (Å²) in [5, 5.41) is 10.3. The van der Waals surface area contributed by atoms with Gasteiger partial charge in [0.05, 0.1) is 29.2 Å². The van der Waals surface area contributed by atoms with E-state index in [1.165, 1.54) is 6.08 Å². The number of aliphatic hydroxyl groups excluding tert-OH is 1. The van der Waals surface area contributed by atoms with Crippen LogP contribution in [0.4, 0.5) is 0 Å². The first-order chi connectivity index (χ1) is 16.1. The quantitative estimate of drug-likeness (QED) is 0.333. The molecular weight excluding hydrogens is 452 g/mol. The van der Waals surface area contributed by atoms with Crippen molar-refractivity contribution in [3.8, 4) is 0 Å². The van der Waals surface area contributed by atoms with E-state index in [4.69, 9.17) is 4.74 Å². The highest BCUT2D eigenvalue weighted by atomic mass is 32.2. The van der Waals surface area contributed by atoms with Gasteiger partial charge in [0, 0.05) is 17.8 Å². The molecule has 2 unspecified atom stereocenters. The number of rotatable bonds is 12.